The number of hydrogen-bond acceptors (Lipinski definition) is 3. The van der Waals surface area contributed by atoms with Crippen molar-refractivity contribution in [3.05, 3.63) is 35.7 Å². The minimum atomic E-state index is 0.00565. The maximum atomic E-state index is 5.16. The molecule has 0 fully saturated rings. The van der Waals surface area contributed by atoms with Gasteiger partial charge in [0.15, 0.2) is 0 Å². The molecule has 0 bridgehead atoms. The number of nitrogens with zero attached hydrogens (tertiary/aromatic N) is 1. The number of nitrogens with one attached hydrogen (secondary N) is 1. The molecular weight excluding hydrogens is 152 g/mol. The van der Waals surface area contributed by atoms with E-state index in [4.69, 9.17) is 4.74 Å². The summed E-state index contributed by atoms with van der Waals surface area (Å²) >= 11 is 0. The van der Waals surface area contributed by atoms with Gasteiger partial charge in [0.1, 0.15) is 6.23 Å². The van der Waals surface area contributed by atoms with Crippen LogP contribution in [0.3, 0.4) is 0 Å². The monoisotopic (exact) mass is 164 g/mol. The van der Waals surface area contributed by atoms with Gasteiger partial charge in [0.25, 0.3) is 0 Å². The number of rotatable bonds is 1. The Labute approximate surface area is 72.0 Å². The van der Waals surface area contributed by atoms with Gasteiger partial charge in [0.05, 0.1) is 5.70 Å². The zero-order valence-corrected chi connectivity index (χ0v) is 7.24. The SMILES string of the molecule is COC1C=C2C=CC=C(C)N2N1. The van der Waals surface area contributed by atoms with Crippen LogP contribution in [0.2, 0.25) is 0 Å². The second kappa shape index (κ2) is 2.77. The van der Waals surface area contributed by atoms with Gasteiger partial charge in [0.2, 0.25) is 0 Å². The van der Waals surface area contributed by atoms with Crippen molar-refractivity contribution in [3.63, 3.8) is 0 Å². The van der Waals surface area contributed by atoms with Crippen LogP contribution in [-0.4, -0.2) is 18.3 Å². The first-order valence-corrected chi connectivity index (χ1v) is 3.97. The summed E-state index contributed by atoms with van der Waals surface area (Å²) in [5.74, 6) is 0. The standard InChI is InChI=1S/C9H12N2O/c1-7-4-3-5-8-6-9(12-2)10-11(7)8/h3-6,9-10H,1-2H3. The molecule has 0 aromatic rings. The predicted molar refractivity (Wildman–Crippen MR) is 46.8 cm³/mol. The van der Waals surface area contributed by atoms with Crippen molar-refractivity contribution in [1.29, 1.82) is 0 Å². The van der Waals surface area contributed by atoms with E-state index in [2.05, 4.69) is 24.5 Å². The summed E-state index contributed by atoms with van der Waals surface area (Å²) in [4.78, 5) is 0. The summed E-state index contributed by atoms with van der Waals surface area (Å²) in [7, 11) is 1.69. The van der Waals surface area contributed by atoms with Gasteiger partial charge in [-0.2, -0.15) is 5.43 Å². The molecule has 0 aromatic heterocycles. The average molecular weight is 164 g/mol. The summed E-state index contributed by atoms with van der Waals surface area (Å²) in [6, 6.07) is 0. The molecule has 0 spiro atoms. The Hall–Kier alpha value is -1.06. The van der Waals surface area contributed by atoms with Crippen molar-refractivity contribution >= 4 is 0 Å². The molecule has 3 nitrogen and oxygen atoms in total. The molecule has 0 aliphatic carbocycles. The summed E-state index contributed by atoms with van der Waals surface area (Å²) in [5, 5.41) is 2.02. The molecule has 3 heteroatoms. The highest BCUT2D eigenvalue weighted by Crippen LogP contribution is 2.22. The predicted octanol–water partition coefficient (Wildman–Crippen LogP) is 1.14. The highest BCUT2D eigenvalue weighted by molar-refractivity contribution is 5.33. The molecule has 2 aliphatic rings. The van der Waals surface area contributed by atoms with Crippen LogP contribution in [0.5, 0.6) is 0 Å². The van der Waals surface area contributed by atoms with E-state index in [1.54, 1.807) is 7.11 Å². The van der Waals surface area contributed by atoms with Crippen LogP contribution in [0.1, 0.15) is 6.92 Å². The van der Waals surface area contributed by atoms with E-state index in [9.17, 15) is 0 Å². The third-order valence-electron chi connectivity index (χ3n) is 2.05. The molecule has 64 valence electrons. The largest absolute Gasteiger partial charge is 0.361 e. The minimum Gasteiger partial charge on any atom is -0.361 e. The number of ether oxygens (including phenoxy) is 1. The van der Waals surface area contributed by atoms with Crippen LogP contribution >= 0.6 is 0 Å². The van der Waals surface area contributed by atoms with E-state index >= 15 is 0 Å². The molecule has 1 N–H and O–H groups in total. The Morgan fingerprint density at radius 2 is 2.42 bits per heavy atom. The average Bonchev–Trinajstić information content (AvgIpc) is 2.49. The van der Waals surface area contributed by atoms with Crippen molar-refractivity contribution in [3.8, 4) is 0 Å². The summed E-state index contributed by atoms with van der Waals surface area (Å²) in [6.07, 6.45) is 8.21. The first-order chi connectivity index (χ1) is 5.81. The maximum absolute atomic E-state index is 5.16. The lowest BCUT2D eigenvalue weighted by molar-refractivity contribution is 0.0811. The molecule has 0 amide bonds. The van der Waals surface area contributed by atoms with Gasteiger partial charge in [-0.05, 0) is 25.2 Å². The van der Waals surface area contributed by atoms with Crippen LogP contribution in [0.25, 0.3) is 0 Å². The smallest absolute Gasteiger partial charge is 0.146 e. The van der Waals surface area contributed by atoms with E-state index in [1.807, 2.05) is 17.2 Å². The van der Waals surface area contributed by atoms with Gasteiger partial charge < -0.3 is 4.74 Å². The zero-order chi connectivity index (χ0) is 8.55. The van der Waals surface area contributed by atoms with Crippen LogP contribution in [0.15, 0.2) is 35.7 Å². The molecule has 1 atom stereocenters. The van der Waals surface area contributed by atoms with E-state index in [-0.39, 0.29) is 6.23 Å². The lowest BCUT2D eigenvalue weighted by Gasteiger charge is -2.24. The molecule has 0 saturated carbocycles. The Balaban J connectivity index is 2.24. The van der Waals surface area contributed by atoms with Gasteiger partial charge in [-0.1, -0.05) is 6.08 Å². The molecular formula is C9H12N2O. The highest BCUT2D eigenvalue weighted by atomic mass is 16.5. The minimum absolute atomic E-state index is 0.00565. The molecule has 0 saturated heterocycles. The second-order valence-corrected chi connectivity index (χ2v) is 2.88. The molecule has 2 heterocycles. The third kappa shape index (κ3) is 1.07. The first-order valence-electron chi connectivity index (χ1n) is 3.97. The lowest BCUT2D eigenvalue weighted by atomic mass is 10.2. The topological polar surface area (TPSA) is 24.5 Å². The Bertz CT molecular complexity index is 278. The Kier molecular flexibility index (Phi) is 1.75. The Morgan fingerprint density at radius 1 is 1.58 bits per heavy atom. The normalized spacial score (nSPS) is 26.8. The molecule has 0 aromatic carbocycles. The fraction of sp³-hybridized carbons (Fsp3) is 0.333. The molecule has 2 aliphatic heterocycles. The van der Waals surface area contributed by atoms with Gasteiger partial charge in [0, 0.05) is 12.8 Å². The number of fused-ring (bicyclic) bond motifs is 1. The quantitative estimate of drug-likeness (QED) is 0.629. The van der Waals surface area contributed by atoms with Crippen LogP contribution in [0.4, 0.5) is 0 Å². The van der Waals surface area contributed by atoms with Crippen molar-refractivity contribution in [2.75, 3.05) is 7.11 Å². The summed E-state index contributed by atoms with van der Waals surface area (Å²) < 4.78 is 5.16. The van der Waals surface area contributed by atoms with Crippen molar-refractivity contribution in [2.45, 2.75) is 13.2 Å². The summed E-state index contributed by atoms with van der Waals surface area (Å²) in [5.41, 5.74) is 5.53. The summed E-state index contributed by atoms with van der Waals surface area (Å²) in [6.45, 7) is 2.06. The fourth-order valence-corrected chi connectivity index (χ4v) is 1.39. The van der Waals surface area contributed by atoms with Gasteiger partial charge >= 0.3 is 0 Å². The Morgan fingerprint density at radius 3 is 3.08 bits per heavy atom. The molecule has 12 heavy (non-hydrogen) atoms. The van der Waals surface area contributed by atoms with Gasteiger partial charge in [-0.3, -0.25) is 5.01 Å². The van der Waals surface area contributed by atoms with Gasteiger partial charge in [-0.25, -0.2) is 0 Å². The lowest BCUT2D eigenvalue weighted by Crippen LogP contribution is -2.36. The first kappa shape index (κ1) is 7.58. The number of allylic oxidation sites excluding steroid dienone is 4. The van der Waals surface area contributed by atoms with E-state index in [1.165, 1.54) is 5.70 Å². The van der Waals surface area contributed by atoms with Crippen molar-refractivity contribution in [2.24, 2.45) is 0 Å². The van der Waals surface area contributed by atoms with Gasteiger partial charge in [-0.15, -0.1) is 0 Å². The van der Waals surface area contributed by atoms with Crippen LogP contribution < -0.4 is 5.43 Å². The molecule has 0 radical (unpaired) electrons. The third-order valence-corrected chi connectivity index (χ3v) is 2.05. The maximum Gasteiger partial charge on any atom is 0.146 e. The van der Waals surface area contributed by atoms with Crippen molar-refractivity contribution < 1.29 is 4.74 Å². The molecule has 2 rings (SSSR count). The second-order valence-electron chi connectivity index (χ2n) is 2.88. The van der Waals surface area contributed by atoms with Crippen molar-refractivity contribution in [1.82, 2.24) is 10.4 Å². The molecule has 1 unspecified atom stereocenters. The number of hydrogen-bond donors (Lipinski definition) is 1. The van der Waals surface area contributed by atoms with E-state index < -0.39 is 0 Å². The van der Waals surface area contributed by atoms with E-state index in [0.29, 0.717) is 0 Å². The van der Waals surface area contributed by atoms with Crippen LogP contribution in [-0.2, 0) is 4.74 Å². The van der Waals surface area contributed by atoms with E-state index in [0.717, 1.165) is 5.70 Å². The fourth-order valence-electron chi connectivity index (χ4n) is 1.39. The highest BCUT2D eigenvalue weighted by Gasteiger charge is 2.22. The number of hydrazine groups is 1. The number of methoxy groups -OCH3 is 1. The zero-order valence-electron chi connectivity index (χ0n) is 7.24. The van der Waals surface area contributed by atoms with Crippen LogP contribution in [0, 0.1) is 0 Å².